The van der Waals surface area contributed by atoms with Gasteiger partial charge in [0.05, 0.1) is 18.2 Å². The van der Waals surface area contributed by atoms with Crippen LogP contribution < -0.4 is 4.74 Å². The number of rotatable bonds is 6. The van der Waals surface area contributed by atoms with Crippen molar-refractivity contribution in [2.75, 3.05) is 13.7 Å². The quantitative estimate of drug-likeness (QED) is 0.725. The second-order valence-corrected chi connectivity index (χ2v) is 7.35. The molecule has 0 spiro atoms. The highest BCUT2D eigenvalue weighted by molar-refractivity contribution is 6.22. The predicted molar refractivity (Wildman–Crippen MR) is 103 cm³/mol. The number of aryl methyl sites for hydroxylation is 1. The number of methoxy groups -OCH3 is 1. The molecule has 3 amide bonds. The van der Waals surface area contributed by atoms with Gasteiger partial charge in [-0.1, -0.05) is 23.8 Å². The molecule has 28 heavy (non-hydrogen) atoms. The van der Waals surface area contributed by atoms with E-state index in [1.54, 1.807) is 30.2 Å². The number of hydrogen-bond acceptors (Lipinski definition) is 4. The molecule has 0 unspecified atom stereocenters. The van der Waals surface area contributed by atoms with Crippen LogP contribution in [0.5, 0.6) is 5.75 Å². The molecule has 1 heterocycles. The summed E-state index contributed by atoms with van der Waals surface area (Å²) >= 11 is 0. The normalized spacial score (nSPS) is 15.6. The first-order chi connectivity index (χ1) is 13.5. The molecule has 1 aliphatic carbocycles. The summed E-state index contributed by atoms with van der Waals surface area (Å²) in [5, 5.41) is 0. The summed E-state index contributed by atoms with van der Waals surface area (Å²) in [5.74, 6) is -0.232. The van der Waals surface area contributed by atoms with Gasteiger partial charge in [-0.15, -0.1) is 0 Å². The second-order valence-electron chi connectivity index (χ2n) is 7.35. The van der Waals surface area contributed by atoms with Crippen LogP contribution in [0, 0.1) is 6.92 Å². The fraction of sp³-hybridized carbons (Fsp3) is 0.318. The van der Waals surface area contributed by atoms with E-state index >= 15 is 0 Å². The van der Waals surface area contributed by atoms with Crippen molar-refractivity contribution in [3.63, 3.8) is 0 Å². The van der Waals surface area contributed by atoms with E-state index < -0.39 is 11.8 Å². The number of carbonyl (C=O) groups excluding carboxylic acids is 3. The standard InChI is InChI=1S/C22H22N2O4/c1-14-3-10-18-19(11-14)22(27)24(21(18)26)13-20(25)23(16-6-7-16)12-15-4-8-17(28-2)9-5-15/h3-5,8-11,16H,6-7,12-13H2,1-2H3. The second kappa shape index (κ2) is 7.11. The van der Waals surface area contributed by atoms with Gasteiger partial charge in [-0.2, -0.15) is 0 Å². The van der Waals surface area contributed by atoms with E-state index in [-0.39, 0.29) is 18.5 Å². The Morgan fingerprint density at radius 3 is 2.39 bits per heavy atom. The smallest absolute Gasteiger partial charge is 0.262 e. The van der Waals surface area contributed by atoms with Gasteiger partial charge in [-0.05, 0) is 49.6 Å². The maximum absolute atomic E-state index is 13.0. The number of imide groups is 1. The molecule has 0 bridgehead atoms. The summed E-state index contributed by atoms with van der Waals surface area (Å²) < 4.78 is 5.17. The maximum Gasteiger partial charge on any atom is 0.262 e. The molecule has 144 valence electrons. The summed E-state index contributed by atoms with van der Waals surface area (Å²) in [6, 6.07) is 12.9. The van der Waals surface area contributed by atoms with Crippen molar-refractivity contribution >= 4 is 17.7 Å². The van der Waals surface area contributed by atoms with Crippen molar-refractivity contribution in [1.29, 1.82) is 0 Å². The first kappa shape index (κ1) is 18.2. The average molecular weight is 378 g/mol. The molecule has 1 fully saturated rings. The van der Waals surface area contributed by atoms with Gasteiger partial charge >= 0.3 is 0 Å². The Morgan fingerprint density at radius 1 is 1.07 bits per heavy atom. The van der Waals surface area contributed by atoms with E-state index in [0.717, 1.165) is 34.6 Å². The Morgan fingerprint density at radius 2 is 1.75 bits per heavy atom. The molecule has 6 heteroatoms. The topological polar surface area (TPSA) is 66.9 Å². The Bertz CT molecular complexity index is 948. The number of nitrogens with zero attached hydrogens (tertiary/aromatic N) is 2. The third-order valence-electron chi connectivity index (χ3n) is 5.24. The van der Waals surface area contributed by atoms with Gasteiger partial charge < -0.3 is 9.64 Å². The third-order valence-corrected chi connectivity index (χ3v) is 5.24. The highest BCUT2D eigenvalue weighted by atomic mass is 16.5. The Kier molecular flexibility index (Phi) is 4.63. The molecule has 1 aliphatic heterocycles. The number of hydrogen-bond donors (Lipinski definition) is 0. The van der Waals surface area contributed by atoms with Crippen molar-refractivity contribution < 1.29 is 19.1 Å². The van der Waals surface area contributed by atoms with Crippen LogP contribution >= 0.6 is 0 Å². The van der Waals surface area contributed by atoms with Gasteiger partial charge in [-0.3, -0.25) is 19.3 Å². The van der Waals surface area contributed by atoms with Crippen molar-refractivity contribution in [2.45, 2.75) is 32.4 Å². The monoisotopic (exact) mass is 378 g/mol. The lowest BCUT2D eigenvalue weighted by Crippen LogP contribution is -2.43. The van der Waals surface area contributed by atoms with Gasteiger partial charge in [0.2, 0.25) is 5.91 Å². The molecular formula is C22H22N2O4. The maximum atomic E-state index is 13.0. The molecule has 0 saturated heterocycles. The lowest BCUT2D eigenvalue weighted by molar-refractivity contribution is -0.132. The van der Waals surface area contributed by atoms with Crippen molar-refractivity contribution in [1.82, 2.24) is 9.80 Å². The molecule has 6 nitrogen and oxygen atoms in total. The molecule has 4 rings (SSSR count). The summed E-state index contributed by atoms with van der Waals surface area (Å²) in [6.07, 6.45) is 1.90. The zero-order valence-corrected chi connectivity index (χ0v) is 16.0. The van der Waals surface area contributed by atoms with E-state index in [1.807, 2.05) is 31.2 Å². The first-order valence-corrected chi connectivity index (χ1v) is 9.37. The van der Waals surface area contributed by atoms with Crippen LogP contribution in [-0.4, -0.2) is 47.2 Å². The van der Waals surface area contributed by atoms with Crippen LogP contribution in [0.4, 0.5) is 0 Å². The molecule has 0 radical (unpaired) electrons. The van der Waals surface area contributed by atoms with E-state index in [9.17, 15) is 14.4 Å². The molecule has 2 aliphatic rings. The van der Waals surface area contributed by atoms with E-state index in [1.165, 1.54) is 0 Å². The molecule has 0 aromatic heterocycles. The number of ether oxygens (including phenoxy) is 1. The highest BCUT2D eigenvalue weighted by Crippen LogP contribution is 2.30. The van der Waals surface area contributed by atoms with Gasteiger partial charge in [-0.25, -0.2) is 0 Å². The van der Waals surface area contributed by atoms with Gasteiger partial charge in [0.1, 0.15) is 12.3 Å². The highest BCUT2D eigenvalue weighted by Gasteiger charge is 2.39. The van der Waals surface area contributed by atoms with Crippen LogP contribution in [-0.2, 0) is 11.3 Å². The molecule has 0 N–H and O–H groups in total. The summed E-state index contributed by atoms with van der Waals surface area (Å²) in [5.41, 5.74) is 2.65. The summed E-state index contributed by atoms with van der Waals surface area (Å²) in [6.45, 7) is 2.10. The first-order valence-electron chi connectivity index (χ1n) is 9.37. The zero-order valence-electron chi connectivity index (χ0n) is 16.0. The largest absolute Gasteiger partial charge is 0.497 e. The van der Waals surface area contributed by atoms with E-state index in [2.05, 4.69) is 0 Å². The van der Waals surface area contributed by atoms with Crippen LogP contribution in [0.25, 0.3) is 0 Å². The van der Waals surface area contributed by atoms with E-state index in [0.29, 0.717) is 17.7 Å². The van der Waals surface area contributed by atoms with Crippen molar-refractivity contribution in [2.24, 2.45) is 0 Å². The predicted octanol–water partition coefficient (Wildman–Crippen LogP) is 2.79. The molecule has 1 saturated carbocycles. The van der Waals surface area contributed by atoms with E-state index in [4.69, 9.17) is 4.74 Å². The zero-order chi connectivity index (χ0) is 19.8. The number of amides is 3. The fourth-order valence-corrected chi connectivity index (χ4v) is 3.51. The van der Waals surface area contributed by atoms with Crippen molar-refractivity contribution in [3.8, 4) is 5.75 Å². The number of carbonyl (C=O) groups is 3. The van der Waals surface area contributed by atoms with Gasteiger partial charge in [0, 0.05) is 12.6 Å². The van der Waals surface area contributed by atoms with Crippen molar-refractivity contribution in [3.05, 3.63) is 64.7 Å². The molecular weight excluding hydrogens is 356 g/mol. The Balaban J connectivity index is 1.49. The van der Waals surface area contributed by atoms with Crippen LogP contribution in [0.2, 0.25) is 0 Å². The van der Waals surface area contributed by atoms with Crippen LogP contribution in [0.3, 0.4) is 0 Å². The van der Waals surface area contributed by atoms with Crippen LogP contribution in [0.1, 0.15) is 44.7 Å². The lowest BCUT2D eigenvalue weighted by atomic mass is 10.1. The average Bonchev–Trinajstić information content (AvgIpc) is 3.51. The minimum Gasteiger partial charge on any atom is -0.497 e. The molecule has 2 aromatic rings. The molecule has 2 aromatic carbocycles. The number of benzene rings is 2. The summed E-state index contributed by atoms with van der Waals surface area (Å²) in [4.78, 5) is 41.1. The van der Waals surface area contributed by atoms with Crippen LogP contribution in [0.15, 0.2) is 42.5 Å². The van der Waals surface area contributed by atoms with Gasteiger partial charge in [0.25, 0.3) is 11.8 Å². The van der Waals surface area contributed by atoms with Gasteiger partial charge in [0.15, 0.2) is 0 Å². The SMILES string of the molecule is COc1ccc(CN(C(=O)CN2C(=O)c3ccc(C)cc3C2=O)C2CC2)cc1. The lowest BCUT2D eigenvalue weighted by Gasteiger charge is -2.25. The fourth-order valence-electron chi connectivity index (χ4n) is 3.51. The third kappa shape index (κ3) is 3.38. The minimum absolute atomic E-state index is 0.173. The number of fused-ring (bicyclic) bond motifs is 1. The Hall–Kier alpha value is -3.15. The minimum atomic E-state index is -0.395. The summed E-state index contributed by atoms with van der Waals surface area (Å²) in [7, 11) is 1.61. The molecule has 0 atom stereocenters. The Labute approximate surface area is 163 Å².